The Bertz CT molecular complexity index is 903. The van der Waals surface area contributed by atoms with Gasteiger partial charge in [0.05, 0.1) is 11.4 Å². The van der Waals surface area contributed by atoms with Crippen molar-refractivity contribution in [2.75, 3.05) is 26.4 Å². The summed E-state index contributed by atoms with van der Waals surface area (Å²) < 4.78 is 23.1. The molecule has 2 rings (SSSR count). The lowest BCUT2D eigenvalue weighted by Crippen LogP contribution is -2.40. The molecule has 1 atom stereocenters. The third kappa shape index (κ3) is 10.0. The maximum atomic E-state index is 11.6. The van der Waals surface area contributed by atoms with E-state index in [9.17, 15) is 8.42 Å². The SMILES string of the molecule is CCNC(=NCc1ccc(S(C)(=O)=O)cc1)NCCC(C)N(C)Cc1ccccc1.I. The van der Waals surface area contributed by atoms with E-state index in [0.717, 1.165) is 37.6 Å². The van der Waals surface area contributed by atoms with Crippen LogP contribution in [0.2, 0.25) is 0 Å². The van der Waals surface area contributed by atoms with E-state index >= 15 is 0 Å². The van der Waals surface area contributed by atoms with Crippen LogP contribution in [0.15, 0.2) is 64.5 Å². The number of hydrogen-bond donors (Lipinski definition) is 2. The van der Waals surface area contributed by atoms with Gasteiger partial charge < -0.3 is 10.6 Å². The molecule has 0 heterocycles. The smallest absolute Gasteiger partial charge is 0.191 e. The van der Waals surface area contributed by atoms with Crippen molar-refractivity contribution in [2.45, 2.75) is 44.3 Å². The van der Waals surface area contributed by atoms with Gasteiger partial charge in [0.25, 0.3) is 0 Å². The highest BCUT2D eigenvalue weighted by Crippen LogP contribution is 2.11. The minimum atomic E-state index is -3.17. The van der Waals surface area contributed by atoms with Crippen molar-refractivity contribution in [3.05, 3.63) is 65.7 Å². The van der Waals surface area contributed by atoms with Crippen LogP contribution in [0.1, 0.15) is 31.4 Å². The van der Waals surface area contributed by atoms with Crippen molar-refractivity contribution in [1.29, 1.82) is 0 Å². The van der Waals surface area contributed by atoms with Crippen molar-refractivity contribution in [1.82, 2.24) is 15.5 Å². The minimum Gasteiger partial charge on any atom is -0.357 e. The lowest BCUT2D eigenvalue weighted by atomic mass is 10.1. The Balaban J connectivity index is 0.00000480. The summed E-state index contributed by atoms with van der Waals surface area (Å²) in [6, 6.07) is 17.8. The Morgan fingerprint density at radius 3 is 2.26 bits per heavy atom. The molecule has 0 saturated heterocycles. The van der Waals surface area contributed by atoms with Gasteiger partial charge in [-0.3, -0.25) is 4.90 Å². The highest BCUT2D eigenvalue weighted by atomic mass is 127. The molecule has 0 aliphatic rings. The predicted molar refractivity (Wildman–Crippen MR) is 140 cm³/mol. The number of rotatable bonds is 10. The van der Waals surface area contributed by atoms with Crippen LogP contribution >= 0.6 is 24.0 Å². The zero-order valence-corrected chi connectivity index (χ0v) is 22.0. The van der Waals surface area contributed by atoms with E-state index in [0.29, 0.717) is 17.5 Å². The Kier molecular flexibility index (Phi) is 12.1. The molecule has 2 aromatic carbocycles. The van der Waals surface area contributed by atoms with Gasteiger partial charge in [-0.1, -0.05) is 42.5 Å². The van der Waals surface area contributed by atoms with E-state index in [1.54, 1.807) is 12.1 Å². The van der Waals surface area contributed by atoms with E-state index in [4.69, 9.17) is 0 Å². The number of sulfone groups is 1. The van der Waals surface area contributed by atoms with Crippen LogP contribution in [0.25, 0.3) is 0 Å². The van der Waals surface area contributed by atoms with Crippen LogP contribution in [-0.2, 0) is 22.9 Å². The number of nitrogens with zero attached hydrogens (tertiary/aromatic N) is 2. The largest absolute Gasteiger partial charge is 0.357 e. The molecule has 2 aromatic rings. The minimum absolute atomic E-state index is 0. The predicted octanol–water partition coefficient (Wildman–Crippen LogP) is 3.67. The van der Waals surface area contributed by atoms with Crippen molar-refractivity contribution in [3.63, 3.8) is 0 Å². The van der Waals surface area contributed by atoms with Gasteiger partial charge in [0, 0.05) is 31.9 Å². The summed E-state index contributed by atoms with van der Waals surface area (Å²) in [4.78, 5) is 7.30. The number of nitrogens with one attached hydrogen (secondary N) is 2. The van der Waals surface area contributed by atoms with Crippen LogP contribution in [-0.4, -0.2) is 51.7 Å². The number of guanidine groups is 1. The maximum Gasteiger partial charge on any atom is 0.191 e. The van der Waals surface area contributed by atoms with Crippen molar-refractivity contribution in [2.24, 2.45) is 4.99 Å². The zero-order valence-electron chi connectivity index (χ0n) is 18.8. The van der Waals surface area contributed by atoms with Gasteiger partial charge >= 0.3 is 0 Å². The van der Waals surface area contributed by atoms with Crippen LogP contribution in [0, 0.1) is 0 Å². The third-order valence-corrected chi connectivity index (χ3v) is 6.13. The molecular formula is C23H35IN4O2S. The molecule has 0 aliphatic heterocycles. The molecule has 0 aliphatic carbocycles. The van der Waals surface area contributed by atoms with Gasteiger partial charge in [-0.25, -0.2) is 13.4 Å². The molecule has 0 saturated carbocycles. The van der Waals surface area contributed by atoms with Crippen molar-refractivity contribution < 1.29 is 8.42 Å². The standard InChI is InChI=1S/C23H34N4O2S.HI/c1-5-24-23(26-17-20-11-13-22(14-12-20)30(4,28)29)25-16-15-19(2)27(3)18-21-9-7-6-8-10-21;/h6-14,19H,5,15-18H2,1-4H3,(H2,24,25,26);1H. The molecule has 0 amide bonds. The molecule has 172 valence electrons. The van der Waals surface area contributed by atoms with Crippen molar-refractivity contribution >= 4 is 39.8 Å². The summed E-state index contributed by atoms with van der Waals surface area (Å²) in [5, 5.41) is 6.65. The Labute approximate surface area is 204 Å². The van der Waals surface area contributed by atoms with E-state index in [1.807, 2.05) is 25.1 Å². The molecule has 0 spiro atoms. The molecule has 31 heavy (non-hydrogen) atoms. The molecule has 2 N–H and O–H groups in total. The zero-order chi connectivity index (χ0) is 22.0. The average Bonchev–Trinajstić information content (AvgIpc) is 2.72. The van der Waals surface area contributed by atoms with Crippen LogP contribution in [0.5, 0.6) is 0 Å². The first kappa shape index (κ1) is 27.4. The topological polar surface area (TPSA) is 73.8 Å². The fourth-order valence-corrected chi connectivity index (χ4v) is 3.63. The first-order valence-electron chi connectivity index (χ1n) is 10.3. The molecule has 6 nitrogen and oxygen atoms in total. The van der Waals surface area contributed by atoms with E-state index in [2.05, 4.69) is 58.8 Å². The second kappa shape index (κ2) is 13.7. The highest BCUT2D eigenvalue weighted by Gasteiger charge is 2.10. The lowest BCUT2D eigenvalue weighted by molar-refractivity contribution is 0.238. The highest BCUT2D eigenvalue weighted by molar-refractivity contribution is 14.0. The van der Waals surface area contributed by atoms with E-state index in [-0.39, 0.29) is 24.0 Å². The molecular weight excluding hydrogens is 523 g/mol. The average molecular weight is 559 g/mol. The number of hydrogen-bond acceptors (Lipinski definition) is 4. The van der Waals surface area contributed by atoms with Crippen LogP contribution < -0.4 is 10.6 Å². The summed E-state index contributed by atoms with van der Waals surface area (Å²) in [6.45, 7) is 7.29. The molecule has 0 radical (unpaired) electrons. The van der Waals surface area contributed by atoms with Gasteiger partial charge in [-0.2, -0.15) is 0 Å². The first-order valence-corrected chi connectivity index (χ1v) is 12.2. The molecule has 8 heteroatoms. The Hall–Kier alpha value is -1.65. The van der Waals surface area contributed by atoms with Gasteiger partial charge in [-0.15, -0.1) is 24.0 Å². The van der Waals surface area contributed by atoms with E-state index in [1.165, 1.54) is 11.8 Å². The summed E-state index contributed by atoms with van der Waals surface area (Å²) in [5.41, 5.74) is 2.28. The quantitative estimate of drug-likeness (QED) is 0.265. The molecule has 1 unspecified atom stereocenters. The van der Waals surface area contributed by atoms with E-state index < -0.39 is 9.84 Å². The summed E-state index contributed by atoms with van der Waals surface area (Å²) in [6.07, 6.45) is 2.21. The first-order chi connectivity index (χ1) is 14.3. The lowest BCUT2D eigenvalue weighted by Gasteiger charge is -2.25. The van der Waals surface area contributed by atoms with Gasteiger partial charge in [0.1, 0.15) is 0 Å². The second-order valence-corrected chi connectivity index (χ2v) is 9.59. The third-order valence-electron chi connectivity index (χ3n) is 5.00. The number of benzene rings is 2. The van der Waals surface area contributed by atoms with Crippen molar-refractivity contribution in [3.8, 4) is 0 Å². The fraction of sp³-hybridized carbons (Fsp3) is 0.435. The summed E-state index contributed by atoms with van der Waals surface area (Å²) >= 11 is 0. The normalized spacial score (nSPS) is 12.9. The monoisotopic (exact) mass is 558 g/mol. The Morgan fingerprint density at radius 2 is 1.68 bits per heavy atom. The molecule has 0 bridgehead atoms. The van der Waals surface area contributed by atoms with Gasteiger partial charge in [0.2, 0.25) is 0 Å². The molecule has 0 aromatic heterocycles. The maximum absolute atomic E-state index is 11.6. The Morgan fingerprint density at radius 1 is 1.03 bits per heavy atom. The molecule has 0 fully saturated rings. The fourth-order valence-electron chi connectivity index (χ4n) is 3.00. The number of aliphatic imine (C=N–C) groups is 1. The van der Waals surface area contributed by atoms with Gasteiger partial charge in [0.15, 0.2) is 15.8 Å². The second-order valence-electron chi connectivity index (χ2n) is 7.58. The number of halogens is 1. The van der Waals surface area contributed by atoms with Crippen LogP contribution in [0.4, 0.5) is 0 Å². The summed E-state index contributed by atoms with van der Waals surface area (Å²) in [5.74, 6) is 0.766. The van der Waals surface area contributed by atoms with Gasteiger partial charge in [-0.05, 0) is 50.6 Å². The van der Waals surface area contributed by atoms with Crippen LogP contribution in [0.3, 0.4) is 0 Å². The summed E-state index contributed by atoms with van der Waals surface area (Å²) in [7, 11) is -1.02.